The molecule has 21 heavy (non-hydrogen) atoms. The Morgan fingerprint density at radius 1 is 1.29 bits per heavy atom. The highest BCUT2D eigenvalue weighted by Crippen LogP contribution is 2.25. The molecule has 1 N–H and O–H groups in total. The minimum absolute atomic E-state index is 0.546. The number of aryl methyl sites for hydroxylation is 2. The van der Waals surface area contributed by atoms with Crippen LogP contribution in [0.3, 0.4) is 0 Å². The summed E-state index contributed by atoms with van der Waals surface area (Å²) in [5.74, 6) is 0. The molecule has 0 fully saturated rings. The van der Waals surface area contributed by atoms with Crippen LogP contribution in [0.5, 0.6) is 0 Å². The number of benzene rings is 1. The van der Waals surface area contributed by atoms with E-state index in [1.165, 1.54) is 38.2 Å². The molecule has 0 aliphatic heterocycles. The summed E-state index contributed by atoms with van der Waals surface area (Å²) >= 11 is 5.49. The minimum Gasteiger partial charge on any atom is -0.311 e. The Kier molecular flexibility index (Phi) is 4.82. The molecule has 1 heterocycles. The first-order valence-corrected chi connectivity index (χ1v) is 9.30. The van der Waals surface area contributed by atoms with Crippen molar-refractivity contribution in [1.29, 1.82) is 0 Å². The van der Waals surface area contributed by atoms with Crippen LogP contribution in [-0.2, 0) is 19.3 Å². The molecule has 2 atom stereocenters. The van der Waals surface area contributed by atoms with Crippen molar-refractivity contribution in [1.82, 2.24) is 5.32 Å². The Bertz CT molecular complexity index is 619. The van der Waals surface area contributed by atoms with Gasteiger partial charge in [-0.3, -0.25) is 0 Å². The molecular formula is C18H22BrNS. The maximum atomic E-state index is 3.83. The maximum absolute atomic E-state index is 3.83. The van der Waals surface area contributed by atoms with E-state index in [0.29, 0.717) is 12.1 Å². The smallest absolute Gasteiger partial charge is 0.0178 e. The van der Waals surface area contributed by atoms with Gasteiger partial charge in [0.2, 0.25) is 0 Å². The third kappa shape index (κ3) is 3.97. The Morgan fingerprint density at radius 3 is 2.90 bits per heavy atom. The van der Waals surface area contributed by atoms with Crippen LogP contribution in [0.4, 0.5) is 0 Å². The molecule has 3 rings (SSSR count). The van der Waals surface area contributed by atoms with Crippen molar-refractivity contribution in [3.8, 4) is 0 Å². The van der Waals surface area contributed by atoms with Crippen molar-refractivity contribution < 1.29 is 0 Å². The van der Waals surface area contributed by atoms with Gasteiger partial charge in [0.25, 0.3) is 0 Å². The topological polar surface area (TPSA) is 12.0 Å². The zero-order valence-electron chi connectivity index (χ0n) is 12.7. The van der Waals surface area contributed by atoms with E-state index in [4.69, 9.17) is 0 Å². The number of fused-ring (bicyclic) bond motifs is 1. The fourth-order valence-electron chi connectivity index (χ4n) is 3.22. The quantitative estimate of drug-likeness (QED) is 0.814. The predicted octanol–water partition coefficient (Wildman–Crippen LogP) is 4.90. The summed E-state index contributed by atoms with van der Waals surface area (Å²) in [6, 6.07) is 12.4. The Balaban J connectivity index is 1.58. The van der Waals surface area contributed by atoms with Crippen molar-refractivity contribution in [2.24, 2.45) is 0 Å². The van der Waals surface area contributed by atoms with E-state index >= 15 is 0 Å². The highest BCUT2D eigenvalue weighted by molar-refractivity contribution is 9.10. The van der Waals surface area contributed by atoms with Crippen molar-refractivity contribution in [2.45, 2.75) is 51.6 Å². The van der Waals surface area contributed by atoms with E-state index in [9.17, 15) is 0 Å². The van der Waals surface area contributed by atoms with Gasteiger partial charge in [0.1, 0.15) is 0 Å². The molecule has 1 aliphatic carbocycles. The van der Waals surface area contributed by atoms with Gasteiger partial charge < -0.3 is 5.32 Å². The lowest BCUT2D eigenvalue weighted by atomic mass is 9.88. The van der Waals surface area contributed by atoms with Crippen LogP contribution in [0, 0.1) is 6.92 Å². The first-order valence-electron chi connectivity index (χ1n) is 7.69. The molecule has 0 radical (unpaired) electrons. The number of rotatable bonds is 4. The van der Waals surface area contributed by atoms with Gasteiger partial charge in [-0.25, -0.2) is 0 Å². The van der Waals surface area contributed by atoms with Crippen LogP contribution >= 0.6 is 27.3 Å². The van der Waals surface area contributed by atoms with Gasteiger partial charge in [-0.2, -0.15) is 0 Å². The normalized spacial score (nSPS) is 19.3. The molecule has 0 saturated heterocycles. The highest BCUT2D eigenvalue weighted by Gasteiger charge is 2.20. The number of thiophene rings is 1. The second-order valence-corrected chi connectivity index (χ2v) is 8.43. The lowest BCUT2D eigenvalue weighted by Gasteiger charge is -2.28. The van der Waals surface area contributed by atoms with Crippen molar-refractivity contribution in [2.75, 3.05) is 0 Å². The Hall–Kier alpha value is -0.640. The first-order chi connectivity index (χ1) is 10.1. The van der Waals surface area contributed by atoms with Gasteiger partial charge in [-0.1, -0.05) is 22.0 Å². The number of halogens is 1. The average Bonchev–Trinajstić information content (AvgIpc) is 2.84. The molecule has 3 heteroatoms. The van der Waals surface area contributed by atoms with E-state index in [-0.39, 0.29) is 0 Å². The molecule has 2 unspecified atom stereocenters. The molecule has 1 nitrogen and oxygen atoms in total. The molecule has 1 aliphatic rings. The van der Waals surface area contributed by atoms with E-state index in [0.717, 1.165) is 12.8 Å². The SMILES string of the molecule is Cc1ccc(CC(C)NC2CCc3cc(Br)ccc3C2)s1. The fraction of sp³-hybridized carbons (Fsp3) is 0.444. The lowest BCUT2D eigenvalue weighted by Crippen LogP contribution is -2.41. The summed E-state index contributed by atoms with van der Waals surface area (Å²) in [7, 11) is 0. The molecule has 0 bridgehead atoms. The van der Waals surface area contributed by atoms with Crippen LogP contribution < -0.4 is 5.32 Å². The van der Waals surface area contributed by atoms with Gasteiger partial charge in [-0.05, 0) is 74.9 Å². The van der Waals surface area contributed by atoms with Gasteiger partial charge in [0.15, 0.2) is 0 Å². The zero-order valence-corrected chi connectivity index (χ0v) is 15.1. The summed E-state index contributed by atoms with van der Waals surface area (Å²) in [6.07, 6.45) is 4.74. The van der Waals surface area contributed by atoms with Gasteiger partial charge in [-0.15, -0.1) is 11.3 Å². The highest BCUT2D eigenvalue weighted by atomic mass is 79.9. The summed E-state index contributed by atoms with van der Waals surface area (Å²) in [5.41, 5.74) is 3.03. The summed E-state index contributed by atoms with van der Waals surface area (Å²) in [6.45, 7) is 4.49. The largest absolute Gasteiger partial charge is 0.311 e. The van der Waals surface area contributed by atoms with E-state index in [2.05, 4.69) is 65.4 Å². The number of hydrogen-bond donors (Lipinski definition) is 1. The molecule has 2 aromatic rings. The van der Waals surface area contributed by atoms with Crippen molar-refractivity contribution in [3.05, 3.63) is 55.7 Å². The van der Waals surface area contributed by atoms with Gasteiger partial charge >= 0.3 is 0 Å². The fourth-order valence-corrected chi connectivity index (χ4v) is 4.65. The van der Waals surface area contributed by atoms with Crippen LogP contribution in [0.15, 0.2) is 34.8 Å². The molecule has 112 valence electrons. The van der Waals surface area contributed by atoms with Gasteiger partial charge in [0, 0.05) is 26.3 Å². The predicted molar refractivity (Wildman–Crippen MR) is 95.3 cm³/mol. The molecule has 0 amide bonds. The Labute approximate surface area is 139 Å². The van der Waals surface area contributed by atoms with Gasteiger partial charge in [0.05, 0.1) is 0 Å². The van der Waals surface area contributed by atoms with Crippen molar-refractivity contribution in [3.63, 3.8) is 0 Å². The van der Waals surface area contributed by atoms with Crippen LogP contribution in [0.1, 0.15) is 34.2 Å². The molecule has 0 spiro atoms. The standard InChI is InChI=1S/C18H22BrNS/c1-12(9-18-8-3-13(2)21-18)20-17-7-5-14-10-16(19)6-4-15(14)11-17/h3-4,6,8,10,12,17,20H,5,7,9,11H2,1-2H3. The van der Waals surface area contributed by atoms with Crippen LogP contribution in [-0.4, -0.2) is 12.1 Å². The molecule has 0 saturated carbocycles. The summed E-state index contributed by atoms with van der Waals surface area (Å²) in [4.78, 5) is 2.90. The van der Waals surface area contributed by atoms with Crippen LogP contribution in [0.2, 0.25) is 0 Å². The molecule has 1 aromatic heterocycles. The lowest BCUT2D eigenvalue weighted by molar-refractivity contribution is 0.406. The molecular weight excluding hydrogens is 342 g/mol. The average molecular weight is 364 g/mol. The monoisotopic (exact) mass is 363 g/mol. The second-order valence-electron chi connectivity index (χ2n) is 6.14. The second kappa shape index (κ2) is 6.64. The van der Waals surface area contributed by atoms with E-state index in [1.807, 2.05) is 11.3 Å². The molecule has 1 aromatic carbocycles. The number of nitrogens with one attached hydrogen (secondary N) is 1. The van der Waals surface area contributed by atoms with Crippen LogP contribution in [0.25, 0.3) is 0 Å². The minimum atomic E-state index is 0.546. The van der Waals surface area contributed by atoms with E-state index < -0.39 is 0 Å². The third-order valence-electron chi connectivity index (χ3n) is 4.22. The maximum Gasteiger partial charge on any atom is 0.0178 e. The summed E-state index contributed by atoms with van der Waals surface area (Å²) in [5, 5.41) is 3.83. The van der Waals surface area contributed by atoms with E-state index in [1.54, 1.807) is 0 Å². The summed E-state index contributed by atoms with van der Waals surface area (Å²) < 4.78 is 1.20. The Morgan fingerprint density at radius 2 is 2.14 bits per heavy atom. The third-order valence-corrected chi connectivity index (χ3v) is 5.74. The van der Waals surface area contributed by atoms with Crippen molar-refractivity contribution >= 4 is 27.3 Å². The first kappa shape index (κ1) is 15.3. The number of hydrogen-bond acceptors (Lipinski definition) is 2. The zero-order chi connectivity index (χ0) is 14.8.